The summed E-state index contributed by atoms with van der Waals surface area (Å²) in [5.41, 5.74) is 3.22. The molecule has 8 nitrogen and oxygen atoms in total. The fraction of sp³-hybridized carbons (Fsp3) is 0.355. The molecule has 1 unspecified atom stereocenters. The summed E-state index contributed by atoms with van der Waals surface area (Å²) in [5, 5.41) is 2.90. The minimum Gasteiger partial charge on any atom is -0.497 e. The Morgan fingerprint density at radius 2 is 1.48 bits per heavy atom. The van der Waals surface area contributed by atoms with Gasteiger partial charge in [0.05, 0.1) is 17.7 Å². The monoisotopic (exact) mass is 565 g/mol. The molecule has 0 aliphatic carbocycles. The van der Waals surface area contributed by atoms with Crippen LogP contribution in [0.1, 0.15) is 43.4 Å². The van der Waals surface area contributed by atoms with Gasteiger partial charge in [0, 0.05) is 13.1 Å². The van der Waals surface area contributed by atoms with E-state index in [0.717, 1.165) is 33.8 Å². The molecule has 40 heavy (non-hydrogen) atoms. The number of nitrogens with one attached hydrogen (secondary N) is 1. The maximum atomic E-state index is 13.9. The lowest BCUT2D eigenvalue weighted by molar-refractivity contribution is -0.139. The first kappa shape index (κ1) is 30.7. The molecule has 3 rings (SSSR count). The quantitative estimate of drug-likeness (QED) is 0.299. The van der Waals surface area contributed by atoms with Crippen molar-refractivity contribution in [1.82, 2.24) is 10.2 Å². The third-order valence-electron chi connectivity index (χ3n) is 6.72. The van der Waals surface area contributed by atoms with Gasteiger partial charge in [-0.25, -0.2) is 8.42 Å². The number of hydrogen-bond acceptors (Lipinski definition) is 5. The van der Waals surface area contributed by atoms with Crippen molar-refractivity contribution in [3.05, 3.63) is 89.5 Å². The Bertz CT molecular complexity index is 1370. The maximum absolute atomic E-state index is 13.9. The van der Waals surface area contributed by atoms with E-state index in [4.69, 9.17) is 4.74 Å². The van der Waals surface area contributed by atoms with Gasteiger partial charge in [-0.3, -0.25) is 13.9 Å². The van der Waals surface area contributed by atoms with E-state index in [1.807, 2.05) is 45.0 Å². The number of rotatable bonds is 13. The molecule has 0 aromatic heterocycles. The van der Waals surface area contributed by atoms with Crippen LogP contribution in [0, 0.1) is 13.8 Å². The highest BCUT2D eigenvalue weighted by atomic mass is 32.2. The van der Waals surface area contributed by atoms with Gasteiger partial charge in [-0.2, -0.15) is 0 Å². The number of amides is 2. The third kappa shape index (κ3) is 7.85. The number of sulfonamides is 1. The largest absolute Gasteiger partial charge is 0.497 e. The van der Waals surface area contributed by atoms with Crippen molar-refractivity contribution in [3.63, 3.8) is 0 Å². The van der Waals surface area contributed by atoms with Gasteiger partial charge in [-0.1, -0.05) is 60.9 Å². The molecule has 0 radical (unpaired) electrons. The van der Waals surface area contributed by atoms with Crippen LogP contribution in [0.15, 0.2) is 77.7 Å². The molecule has 0 heterocycles. The number of nitrogens with zero attached hydrogens (tertiary/aromatic N) is 2. The van der Waals surface area contributed by atoms with Crippen molar-refractivity contribution in [1.29, 1.82) is 0 Å². The average Bonchev–Trinajstić information content (AvgIpc) is 2.95. The Morgan fingerprint density at radius 3 is 2.02 bits per heavy atom. The van der Waals surface area contributed by atoms with Gasteiger partial charge in [-0.15, -0.1) is 0 Å². The zero-order valence-electron chi connectivity index (χ0n) is 23.9. The topological polar surface area (TPSA) is 96.0 Å². The van der Waals surface area contributed by atoms with Crippen molar-refractivity contribution in [2.45, 2.75) is 58.0 Å². The summed E-state index contributed by atoms with van der Waals surface area (Å²) in [4.78, 5) is 28.4. The second-order valence-corrected chi connectivity index (χ2v) is 11.7. The summed E-state index contributed by atoms with van der Waals surface area (Å²) in [5.74, 6) is -0.255. The molecule has 0 aliphatic rings. The molecule has 3 aromatic carbocycles. The fourth-order valence-electron chi connectivity index (χ4n) is 4.12. The molecular formula is C31H39N3O5S. The highest BCUT2D eigenvalue weighted by molar-refractivity contribution is 7.92. The molecule has 0 aliphatic heterocycles. The second kappa shape index (κ2) is 14.0. The van der Waals surface area contributed by atoms with Crippen LogP contribution in [0.25, 0.3) is 0 Å². The number of anilines is 1. The Hall–Kier alpha value is -3.85. The predicted molar refractivity (Wildman–Crippen MR) is 158 cm³/mol. The standard InChI is InChI=1S/C31H39N3O5S/c1-6-7-20-32-31(36)25(4)33(21-26-12-8-23(2)9-13-26)30(35)22-34(27-14-10-24(3)11-15-27)40(37,38)29-18-16-28(39-5)17-19-29/h8-19,25H,6-7,20-22H2,1-5H3,(H,32,36). The number of methoxy groups -OCH3 is 1. The Kier molecular flexibility index (Phi) is 10.7. The highest BCUT2D eigenvalue weighted by Crippen LogP contribution is 2.26. The average molecular weight is 566 g/mol. The minimum absolute atomic E-state index is 0.0251. The van der Waals surface area contributed by atoms with Gasteiger partial charge in [-0.05, 0) is 69.2 Å². The molecular weight excluding hydrogens is 526 g/mol. The van der Waals surface area contributed by atoms with Crippen molar-refractivity contribution in [3.8, 4) is 5.75 Å². The fourth-order valence-corrected chi connectivity index (χ4v) is 5.54. The van der Waals surface area contributed by atoms with Gasteiger partial charge >= 0.3 is 0 Å². The van der Waals surface area contributed by atoms with Crippen molar-refractivity contribution < 1.29 is 22.7 Å². The summed E-state index contributed by atoms with van der Waals surface area (Å²) < 4.78 is 34.0. The predicted octanol–water partition coefficient (Wildman–Crippen LogP) is 4.84. The summed E-state index contributed by atoms with van der Waals surface area (Å²) >= 11 is 0. The Balaban J connectivity index is 1.99. The first-order valence-corrected chi connectivity index (χ1v) is 14.9. The molecule has 0 spiro atoms. The van der Waals surface area contributed by atoms with Crippen LogP contribution in [0.3, 0.4) is 0 Å². The number of carbonyl (C=O) groups is 2. The maximum Gasteiger partial charge on any atom is 0.264 e. The molecule has 0 fully saturated rings. The molecule has 3 aromatic rings. The first-order valence-electron chi connectivity index (χ1n) is 13.4. The van der Waals surface area contributed by atoms with E-state index in [-0.39, 0.29) is 17.3 Å². The Morgan fingerprint density at radius 1 is 0.900 bits per heavy atom. The summed E-state index contributed by atoms with van der Waals surface area (Å²) in [6, 6.07) is 19.9. The highest BCUT2D eigenvalue weighted by Gasteiger charge is 2.32. The van der Waals surface area contributed by atoms with E-state index in [1.165, 1.54) is 24.1 Å². The zero-order valence-corrected chi connectivity index (χ0v) is 24.7. The van der Waals surface area contributed by atoms with Gasteiger partial charge in [0.1, 0.15) is 18.3 Å². The molecule has 0 saturated heterocycles. The van der Waals surface area contributed by atoms with Crippen LogP contribution in [-0.4, -0.2) is 51.4 Å². The smallest absolute Gasteiger partial charge is 0.264 e. The van der Waals surface area contributed by atoms with E-state index < -0.39 is 28.5 Å². The normalized spacial score (nSPS) is 11.9. The number of ether oxygens (including phenoxy) is 1. The zero-order chi connectivity index (χ0) is 29.3. The van der Waals surface area contributed by atoms with Gasteiger partial charge in [0.2, 0.25) is 11.8 Å². The number of aryl methyl sites for hydroxylation is 2. The molecule has 2 amide bonds. The van der Waals surface area contributed by atoms with Crippen molar-refractivity contribution in [2.24, 2.45) is 0 Å². The SMILES string of the molecule is CCCCNC(=O)C(C)N(Cc1ccc(C)cc1)C(=O)CN(c1ccc(C)cc1)S(=O)(=O)c1ccc(OC)cc1. The van der Waals surface area contributed by atoms with Crippen LogP contribution in [0.2, 0.25) is 0 Å². The van der Waals surface area contributed by atoms with Gasteiger partial charge in [0.25, 0.3) is 10.0 Å². The van der Waals surface area contributed by atoms with Crippen LogP contribution in [0.5, 0.6) is 5.75 Å². The van der Waals surface area contributed by atoms with E-state index in [2.05, 4.69) is 5.32 Å². The lowest BCUT2D eigenvalue weighted by atomic mass is 10.1. The lowest BCUT2D eigenvalue weighted by Crippen LogP contribution is -2.51. The van der Waals surface area contributed by atoms with Crippen LogP contribution in [-0.2, 0) is 26.2 Å². The van der Waals surface area contributed by atoms with Gasteiger partial charge < -0.3 is 15.0 Å². The summed E-state index contributed by atoms with van der Waals surface area (Å²) in [7, 11) is -2.63. The second-order valence-electron chi connectivity index (χ2n) is 9.85. The van der Waals surface area contributed by atoms with Crippen LogP contribution < -0.4 is 14.4 Å². The number of benzene rings is 3. The molecule has 0 saturated carbocycles. The van der Waals surface area contributed by atoms with Gasteiger partial charge in [0.15, 0.2) is 0 Å². The van der Waals surface area contributed by atoms with Crippen LogP contribution >= 0.6 is 0 Å². The first-order chi connectivity index (χ1) is 19.1. The minimum atomic E-state index is -4.13. The molecule has 0 bridgehead atoms. The van der Waals surface area contributed by atoms with E-state index >= 15 is 0 Å². The Labute approximate surface area is 238 Å². The van der Waals surface area contributed by atoms with Crippen molar-refractivity contribution >= 4 is 27.5 Å². The lowest BCUT2D eigenvalue weighted by Gasteiger charge is -2.32. The molecule has 214 valence electrons. The third-order valence-corrected chi connectivity index (χ3v) is 8.51. The summed E-state index contributed by atoms with van der Waals surface area (Å²) in [6.45, 7) is 7.77. The number of hydrogen-bond donors (Lipinski definition) is 1. The van der Waals surface area contributed by atoms with Crippen LogP contribution in [0.4, 0.5) is 5.69 Å². The van der Waals surface area contributed by atoms with E-state index in [1.54, 1.807) is 43.3 Å². The summed E-state index contributed by atoms with van der Waals surface area (Å²) in [6.07, 6.45) is 1.75. The molecule has 9 heteroatoms. The van der Waals surface area contributed by atoms with Crippen molar-refractivity contribution in [2.75, 3.05) is 24.5 Å². The van der Waals surface area contributed by atoms with E-state index in [9.17, 15) is 18.0 Å². The van der Waals surface area contributed by atoms with E-state index in [0.29, 0.717) is 18.0 Å². The number of carbonyl (C=O) groups excluding carboxylic acids is 2. The molecule has 1 atom stereocenters. The molecule has 1 N–H and O–H groups in total. The number of unbranched alkanes of at least 4 members (excludes halogenated alkanes) is 1.